The maximum absolute atomic E-state index is 12.6. The highest BCUT2D eigenvalue weighted by atomic mass is 35.5. The molecule has 0 spiro atoms. The van der Waals surface area contributed by atoms with Crippen LogP contribution in [0.2, 0.25) is 10.0 Å². The van der Waals surface area contributed by atoms with Gasteiger partial charge in [-0.2, -0.15) is 0 Å². The Morgan fingerprint density at radius 1 is 1.03 bits per heavy atom. The first-order valence-corrected chi connectivity index (χ1v) is 13.0. The van der Waals surface area contributed by atoms with Crippen molar-refractivity contribution < 1.29 is 14.3 Å². The topological polar surface area (TPSA) is 59.6 Å². The Kier molecular flexibility index (Phi) is 8.50. The van der Waals surface area contributed by atoms with Gasteiger partial charge in [0.25, 0.3) is 5.91 Å². The van der Waals surface area contributed by atoms with Crippen LogP contribution >= 0.6 is 35.0 Å². The molecule has 1 heterocycles. The Labute approximate surface area is 219 Å². The summed E-state index contributed by atoms with van der Waals surface area (Å²) in [5.74, 6) is 0.799. The van der Waals surface area contributed by atoms with Crippen molar-refractivity contribution >= 4 is 52.6 Å². The van der Waals surface area contributed by atoms with E-state index < -0.39 is 0 Å². The van der Waals surface area contributed by atoms with E-state index in [1.807, 2.05) is 49.4 Å². The SMILES string of the molecule is CCOc1cc(/C=C2\S[C@H](Nc3ccc(CC)cc3)NC2=O)cc(Cl)c1OCc1ccccc1Cl. The van der Waals surface area contributed by atoms with Gasteiger partial charge >= 0.3 is 0 Å². The molecule has 8 heteroatoms. The van der Waals surface area contributed by atoms with Crippen LogP contribution in [0.15, 0.2) is 65.6 Å². The number of aryl methyl sites for hydroxylation is 1. The molecule has 0 unspecified atom stereocenters. The Bertz CT molecular complexity index is 1230. The van der Waals surface area contributed by atoms with Crippen LogP contribution in [0.25, 0.3) is 6.08 Å². The van der Waals surface area contributed by atoms with E-state index in [-0.39, 0.29) is 18.0 Å². The van der Waals surface area contributed by atoms with Crippen LogP contribution in [-0.2, 0) is 17.8 Å². The molecule has 2 N–H and O–H groups in total. The quantitative estimate of drug-likeness (QED) is 0.289. The van der Waals surface area contributed by atoms with E-state index in [9.17, 15) is 4.79 Å². The molecule has 3 aromatic carbocycles. The van der Waals surface area contributed by atoms with Crippen LogP contribution in [0.3, 0.4) is 0 Å². The molecule has 1 saturated heterocycles. The molecule has 0 saturated carbocycles. The number of rotatable bonds is 9. The second-order valence-corrected chi connectivity index (χ2v) is 9.78. The molecule has 3 aromatic rings. The van der Waals surface area contributed by atoms with Crippen molar-refractivity contribution in [1.82, 2.24) is 5.32 Å². The Balaban J connectivity index is 1.50. The summed E-state index contributed by atoms with van der Waals surface area (Å²) >= 11 is 14.2. The molecule has 5 nitrogen and oxygen atoms in total. The second kappa shape index (κ2) is 11.8. The van der Waals surface area contributed by atoms with Crippen LogP contribution in [0.1, 0.15) is 30.5 Å². The number of ether oxygens (including phenoxy) is 2. The highest BCUT2D eigenvalue weighted by Crippen LogP contribution is 2.39. The van der Waals surface area contributed by atoms with E-state index in [0.717, 1.165) is 23.2 Å². The van der Waals surface area contributed by atoms with Gasteiger partial charge in [0.1, 0.15) is 6.61 Å². The minimum atomic E-state index is -0.263. The predicted molar refractivity (Wildman–Crippen MR) is 145 cm³/mol. The Morgan fingerprint density at radius 2 is 1.80 bits per heavy atom. The number of amides is 1. The average Bonchev–Trinajstić information content (AvgIpc) is 3.18. The summed E-state index contributed by atoms with van der Waals surface area (Å²) in [6, 6.07) is 19.2. The smallest absolute Gasteiger partial charge is 0.260 e. The number of carbonyl (C=O) groups excluding carboxylic acids is 1. The lowest BCUT2D eigenvalue weighted by Gasteiger charge is -2.15. The van der Waals surface area contributed by atoms with E-state index in [4.69, 9.17) is 32.7 Å². The summed E-state index contributed by atoms with van der Waals surface area (Å²) in [6.07, 6.45) is 2.78. The van der Waals surface area contributed by atoms with Gasteiger partial charge in [0, 0.05) is 16.3 Å². The zero-order chi connectivity index (χ0) is 24.8. The number of carbonyl (C=O) groups is 1. The summed E-state index contributed by atoms with van der Waals surface area (Å²) < 4.78 is 11.8. The van der Waals surface area contributed by atoms with E-state index in [1.165, 1.54) is 17.3 Å². The molecule has 0 radical (unpaired) electrons. The van der Waals surface area contributed by atoms with Gasteiger partial charge in [0.15, 0.2) is 17.0 Å². The van der Waals surface area contributed by atoms with Crippen LogP contribution in [0.5, 0.6) is 11.5 Å². The number of hydrogen-bond acceptors (Lipinski definition) is 5. The monoisotopic (exact) mass is 528 g/mol. The third-order valence-corrected chi connectivity index (χ3v) is 7.03. The summed E-state index contributed by atoms with van der Waals surface area (Å²) in [4.78, 5) is 13.2. The van der Waals surface area contributed by atoms with Crippen LogP contribution in [0, 0.1) is 0 Å². The number of anilines is 1. The summed E-state index contributed by atoms with van der Waals surface area (Å²) in [6.45, 7) is 4.70. The summed E-state index contributed by atoms with van der Waals surface area (Å²) in [5, 5.41) is 7.30. The number of nitrogens with one attached hydrogen (secondary N) is 2. The van der Waals surface area contributed by atoms with E-state index in [0.29, 0.717) is 33.1 Å². The van der Waals surface area contributed by atoms with Crippen molar-refractivity contribution in [2.75, 3.05) is 11.9 Å². The first-order valence-electron chi connectivity index (χ1n) is 11.3. The van der Waals surface area contributed by atoms with Crippen molar-refractivity contribution in [2.24, 2.45) is 0 Å². The van der Waals surface area contributed by atoms with E-state index in [2.05, 4.69) is 29.7 Å². The number of hydrogen-bond donors (Lipinski definition) is 2. The van der Waals surface area contributed by atoms with Crippen molar-refractivity contribution in [3.05, 3.63) is 92.3 Å². The van der Waals surface area contributed by atoms with Gasteiger partial charge in [-0.15, -0.1) is 0 Å². The van der Waals surface area contributed by atoms with E-state index >= 15 is 0 Å². The van der Waals surface area contributed by atoms with Crippen molar-refractivity contribution in [3.8, 4) is 11.5 Å². The zero-order valence-corrected chi connectivity index (χ0v) is 21.8. The molecule has 0 aromatic heterocycles. The molecular formula is C27H26Cl2N2O3S. The van der Waals surface area contributed by atoms with Crippen LogP contribution in [0.4, 0.5) is 5.69 Å². The van der Waals surface area contributed by atoms with Crippen molar-refractivity contribution in [3.63, 3.8) is 0 Å². The molecule has 182 valence electrons. The van der Waals surface area contributed by atoms with Gasteiger partial charge in [0.2, 0.25) is 0 Å². The fourth-order valence-electron chi connectivity index (χ4n) is 3.54. The second-order valence-electron chi connectivity index (χ2n) is 7.82. The molecule has 1 aliphatic rings. The van der Waals surface area contributed by atoms with Crippen LogP contribution in [-0.4, -0.2) is 18.0 Å². The fraction of sp³-hybridized carbons (Fsp3) is 0.222. The normalized spacial score (nSPS) is 16.3. The fourth-order valence-corrected chi connectivity index (χ4v) is 4.99. The molecule has 1 amide bonds. The molecular weight excluding hydrogens is 503 g/mol. The number of halogens is 2. The molecule has 1 fully saturated rings. The van der Waals surface area contributed by atoms with Gasteiger partial charge in [-0.25, -0.2) is 0 Å². The molecule has 0 aliphatic carbocycles. The number of thioether (sulfide) groups is 1. The maximum Gasteiger partial charge on any atom is 0.260 e. The summed E-state index contributed by atoms with van der Waals surface area (Å²) in [5.41, 5.74) is 3.54. The van der Waals surface area contributed by atoms with Gasteiger partial charge in [-0.3, -0.25) is 4.79 Å². The first kappa shape index (κ1) is 25.3. The van der Waals surface area contributed by atoms with Gasteiger partial charge in [0.05, 0.1) is 16.5 Å². The lowest BCUT2D eigenvalue weighted by molar-refractivity contribution is -0.116. The molecule has 4 rings (SSSR count). The maximum atomic E-state index is 12.6. The predicted octanol–water partition coefficient (Wildman–Crippen LogP) is 7.13. The molecule has 35 heavy (non-hydrogen) atoms. The molecule has 0 bridgehead atoms. The average molecular weight is 529 g/mol. The third kappa shape index (κ3) is 6.45. The van der Waals surface area contributed by atoms with Gasteiger partial charge < -0.3 is 20.1 Å². The lowest BCUT2D eigenvalue weighted by Crippen LogP contribution is -2.30. The molecule has 1 aliphatic heterocycles. The zero-order valence-electron chi connectivity index (χ0n) is 19.4. The third-order valence-electron chi connectivity index (χ3n) is 5.35. The Hall–Kier alpha value is -2.80. The first-order chi connectivity index (χ1) is 17.0. The van der Waals surface area contributed by atoms with Crippen molar-refractivity contribution in [2.45, 2.75) is 32.4 Å². The number of benzene rings is 3. The Morgan fingerprint density at radius 3 is 2.51 bits per heavy atom. The highest BCUT2D eigenvalue weighted by molar-refractivity contribution is 8.05. The minimum Gasteiger partial charge on any atom is -0.490 e. The largest absolute Gasteiger partial charge is 0.490 e. The summed E-state index contributed by atoms with van der Waals surface area (Å²) in [7, 11) is 0. The van der Waals surface area contributed by atoms with Crippen LogP contribution < -0.4 is 20.1 Å². The van der Waals surface area contributed by atoms with Gasteiger partial charge in [-0.05, 0) is 60.9 Å². The molecule has 1 atom stereocenters. The standard InChI is InChI=1S/C27H26Cl2N2O3S/c1-3-17-9-11-20(12-10-17)30-27-31-26(32)24(35-27)15-18-13-22(29)25(23(14-18)33-4-2)34-16-19-7-5-6-8-21(19)28/h5-15,27,30H,3-4,16H2,1-2H3,(H,31,32)/b24-15-/t27-/m1/s1. The lowest BCUT2D eigenvalue weighted by atomic mass is 10.1. The van der Waals surface area contributed by atoms with E-state index in [1.54, 1.807) is 12.1 Å². The highest BCUT2D eigenvalue weighted by Gasteiger charge is 2.27. The minimum absolute atomic E-state index is 0.147. The van der Waals surface area contributed by atoms with Crippen molar-refractivity contribution in [1.29, 1.82) is 0 Å². The van der Waals surface area contributed by atoms with Gasteiger partial charge in [-0.1, -0.05) is 72.2 Å².